The first-order chi connectivity index (χ1) is 7.81. The lowest BCUT2D eigenvalue weighted by Gasteiger charge is -2.56. The van der Waals surface area contributed by atoms with Gasteiger partial charge in [0.15, 0.2) is 0 Å². The quantitative estimate of drug-likeness (QED) is 0.805. The summed E-state index contributed by atoms with van der Waals surface area (Å²) in [6.07, 6.45) is 5.12. The molecule has 1 aliphatic heterocycles. The number of carboxylic acids is 1. The van der Waals surface area contributed by atoms with Crippen LogP contribution in [0.25, 0.3) is 0 Å². The van der Waals surface area contributed by atoms with E-state index in [1.165, 1.54) is 25.7 Å². The van der Waals surface area contributed by atoms with Gasteiger partial charge in [-0.3, -0.25) is 9.69 Å². The number of hydrogen-bond donors (Lipinski definition) is 1. The molecule has 0 atom stereocenters. The van der Waals surface area contributed by atoms with Crippen LogP contribution in [-0.4, -0.2) is 35.6 Å². The lowest BCUT2D eigenvalue weighted by molar-refractivity contribution is -0.139. The predicted octanol–water partition coefficient (Wildman–Crippen LogP) is 2.61. The van der Waals surface area contributed by atoms with Crippen molar-refractivity contribution in [3.63, 3.8) is 0 Å². The summed E-state index contributed by atoms with van der Waals surface area (Å²) in [5.41, 5.74) is 1.01. The van der Waals surface area contributed by atoms with Crippen LogP contribution in [0.5, 0.6) is 0 Å². The van der Waals surface area contributed by atoms with Crippen molar-refractivity contribution in [3.8, 4) is 0 Å². The highest BCUT2D eigenvalue weighted by atomic mass is 16.4. The summed E-state index contributed by atoms with van der Waals surface area (Å²) in [4.78, 5) is 12.7. The van der Waals surface area contributed by atoms with Crippen molar-refractivity contribution in [1.82, 2.24) is 4.90 Å². The Kier molecular flexibility index (Phi) is 3.23. The summed E-state index contributed by atoms with van der Waals surface area (Å²) in [5, 5.41) is 8.77. The van der Waals surface area contributed by atoms with E-state index in [0.29, 0.717) is 10.8 Å². The zero-order chi connectivity index (χ0) is 12.7. The number of aliphatic carboxylic acids is 1. The highest BCUT2D eigenvalue weighted by Gasteiger charge is 2.49. The van der Waals surface area contributed by atoms with Crippen LogP contribution in [0.2, 0.25) is 0 Å². The molecule has 0 aromatic rings. The van der Waals surface area contributed by atoms with Crippen molar-refractivity contribution in [2.24, 2.45) is 16.7 Å². The van der Waals surface area contributed by atoms with Crippen molar-refractivity contribution in [2.45, 2.75) is 46.5 Å². The molecule has 0 aromatic carbocycles. The Hall–Kier alpha value is -0.570. The van der Waals surface area contributed by atoms with Crippen molar-refractivity contribution in [2.75, 3.05) is 19.6 Å². The fourth-order valence-electron chi connectivity index (χ4n) is 3.38. The van der Waals surface area contributed by atoms with Gasteiger partial charge in [0.2, 0.25) is 0 Å². The molecule has 98 valence electrons. The van der Waals surface area contributed by atoms with Gasteiger partial charge in [-0.15, -0.1) is 0 Å². The molecule has 1 N–H and O–H groups in total. The van der Waals surface area contributed by atoms with Crippen LogP contribution in [0.1, 0.15) is 46.5 Å². The first-order valence-electron chi connectivity index (χ1n) is 6.75. The standard InChI is InChI=1S/C14H25NO2/c1-13(2,3)11-8-14(9-11)4-6-15(7-5-14)10-12(16)17/h11H,4-10H2,1-3H3,(H,16,17). The van der Waals surface area contributed by atoms with E-state index in [-0.39, 0.29) is 6.54 Å². The van der Waals surface area contributed by atoms with Gasteiger partial charge in [0, 0.05) is 0 Å². The van der Waals surface area contributed by atoms with Gasteiger partial charge in [-0.05, 0) is 55.5 Å². The number of rotatable bonds is 2. The van der Waals surface area contributed by atoms with Crippen LogP contribution < -0.4 is 0 Å². The Bertz CT molecular complexity index is 290. The highest BCUT2D eigenvalue weighted by Crippen LogP contribution is 2.57. The number of carboxylic acid groups (broad SMARTS) is 1. The molecule has 1 saturated carbocycles. The minimum atomic E-state index is -0.692. The lowest BCUT2D eigenvalue weighted by atomic mass is 9.52. The molecule has 0 unspecified atom stereocenters. The minimum absolute atomic E-state index is 0.221. The lowest BCUT2D eigenvalue weighted by Crippen LogP contribution is -2.50. The average Bonchev–Trinajstić information content (AvgIpc) is 2.13. The molecule has 1 spiro atoms. The van der Waals surface area contributed by atoms with Gasteiger partial charge in [0.05, 0.1) is 6.54 Å². The third kappa shape index (κ3) is 2.82. The molecule has 2 rings (SSSR count). The number of carbonyl (C=O) groups is 1. The van der Waals surface area contributed by atoms with Crippen molar-refractivity contribution >= 4 is 5.97 Å². The molecule has 2 aliphatic rings. The first kappa shape index (κ1) is 12.9. The van der Waals surface area contributed by atoms with Gasteiger partial charge < -0.3 is 5.11 Å². The maximum Gasteiger partial charge on any atom is 0.317 e. The third-order valence-corrected chi connectivity index (χ3v) is 4.86. The summed E-state index contributed by atoms with van der Waals surface area (Å²) in [6, 6.07) is 0. The maximum atomic E-state index is 10.7. The molecule has 0 aromatic heterocycles. The fraction of sp³-hybridized carbons (Fsp3) is 0.929. The molecule has 3 heteroatoms. The number of piperidine rings is 1. The molecule has 0 amide bonds. The van der Waals surface area contributed by atoms with Gasteiger partial charge in [-0.25, -0.2) is 0 Å². The topological polar surface area (TPSA) is 40.5 Å². The van der Waals surface area contributed by atoms with E-state index in [1.54, 1.807) is 0 Å². The fourth-order valence-corrected chi connectivity index (χ4v) is 3.38. The van der Waals surface area contributed by atoms with E-state index in [2.05, 4.69) is 25.7 Å². The molecular weight excluding hydrogens is 214 g/mol. The second-order valence-corrected chi connectivity index (χ2v) is 7.14. The smallest absolute Gasteiger partial charge is 0.317 e. The number of likely N-dealkylation sites (tertiary alicyclic amines) is 1. The minimum Gasteiger partial charge on any atom is -0.480 e. The van der Waals surface area contributed by atoms with Crippen LogP contribution in [0, 0.1) is 16.7 Å². The van der Waals surface area contributed by atoms with E-state index in [4.69, 9.17) is 5.11 Å². The van der Waals surface area contributed by atoms with E-state index in [1.807, 2.05) is 0 Å². The molecule has 3 nitrogen and oxygen atoms in total. The summed E-state index contributed by atoms with van der Waals surface area (Å²) in [6.45, 7) is 9.18. The Labute approximate surface area is 104 Å². The Morgan fingerprint density at radius 1 is 1.29 bits per heavy atom. The summed E-state index contributed by atoms with van der Waals surface area (Å²) in [7, 11) is 0. The van der Waals surface area contributed by atoms with Crippen molar-refractivity contribution in [3.05, 3.63) is 0 Å². The molecule has 1 aliphatic carbocycles. The first-order valence-corrected chi connectivity index (χ1v) is 6.75. The normalized spacial score (nSPS) is 25.8. The van der Waals surface area contributed by atoms with Crippen LogP contribution in [0.3, 0.4) is 0 Å². The largest absolute Gasteiger partial charge is 0.480 e. The predicted molar refractivity (Wildman–Crippen MR) is 67.9 cm³/mol. The average molecular weight is 239 g/mol. The van der Waals surface area contributed by atoms with E-state index >= 15 is 0 Å². The maximum absolute atomic E-state index is 10.7. The van der Waals surface area contributed by atoms with Crippen LogP contribution in [0.4, 0.5) is 0 Å². The molecular formula is C14H25NO2. The zero-order valence-corrected chi connectivity index (χ0v) is 11.3. The summed E-state index contributed by atoms with van der Waals surface area (Å²) < 4.78 is 0. The molecule has 0 radical (unpaired) electrons. The molecule has 2 fully saturated rings. The third-order valence-electron chi connectivity index (χ3n) is 4.86. The van der Waals surface area contributed by atoms with Crippen LogP contribution in [0.15, 0.2) is 0 Å². The Morgan fingerprint density at radius 2 is 1.82 bits per heavy atom. The van der Waals surface area contributed by atoms with Gasteiger partial charge in [-0.2, -0.15) is 0 Å². The Balaban J connectivity index is 1.79. The van der Waals surface area contributed by atoms with Gasteiger partial charge in [0.1, 0.15) is 0 Å². The van der Waals surface area contributed by atoms with Crippen molar-refractivity contribution < 1.29 is 9.90 Å². The monoisotopic (exact) mass is 239 g/mol. The SMILES string of the molecule is CC(C)(C)C1CC2(CCN(CC(=O)O)CC2)C1. The summed E-state index contributed by atoms with van der Waals surface area (Å²) in [5.74, 6) is 0.177. The Morgan fingerprint density at radius 3 is 2.24 bits per heavy atom. The van der Waals surface area contributed by atoms with Gasteiger partial charge in [0.25, 0.3) is 0 Å². The van der Waals surface area contributed by atoms with E-state index in [9.17, 15) is 4.79 Å². The molecule has 0 bridgehead atoms. The van der Waals surface area contributed by atoms with E-state index < -0.39 is 5.97 Å². The van der Waals surface area contributed by atoms with E-state index in [0.717, 1.165) is 19.0 Å². The van der Waals surface area contributed by atoms with Gasteiger partial charge >= 0.3 is 5.97 Å². The van der Waals surface area contributed by atoms with Gasteiger partial charge in [-0.1, -0.05) is 20.8 Å². The second-order valence-electron chi connectivity index (χ2n) is 7.14. The number of nitrogens with zero attached hydrogens (tertiary/aromatic N) is 1. The molecule has 1 heterocycles. The van der Waals surface area contributed by atoms with Crippen LogP contribution in [-0.2, 0) is 4.79 Å². The molecule has 17 heavy (non-hydrogen) atoms. The summed E-state index contributed by atoms with van der Waals surface area (Å²) >= 11 is 0. The highest BCUT2D eigenvalue weighted by molar-refractivity contribution is 5.69. The van der Waals surface area contributed by atoms with Crippen molar-refractivity contribution in [1.29, 1.82) is 0 Å². The zero-order valence-electron chi connectivity index (χ0n) is 11.3. The number of hydrogen-bond acceptors (Lipinski definition) is 2. The van der Waals surface area contributed by atoms with Crippen LogP contribution >= 0.6 is 0 Å². The molecule has 1 saturated heterocycles. The second kappa shape index (κ2) is 4.27.